The van der Waals surface area contributed by atoms with E-state index in [9.17, 15) is 9.59 Å². The first-order valence-electron chi connectivity index (χ1n) is 6.76. The molecule has 0 spiro atoms. The fourth-order valence-corrected chi connectivity index (χ4v) is 3.08. The van der Waals surface area contributed by atoms with Gasteiger partial charge in [-0.25, -0.2) is 9.78 Å². The van der Waals surface area contributed by atoms with Crippen molar-refractivity contribution in [2.24, 2.45) is 0 Å². The summed E-state index contributed by atoms with van der Waals surface area (Å²) in [4.78, 5) is 28.2. The molecule has 1 atom stereocenters. The molecule has 1 heterocycles. The van der Waals surface area contributed by atoms with E-state index in [1.165, 1.54) is 0 Å². The number of Topliss-reactive ketones (excluding diaryl/α,β-unsaturated/α-hetero) is 1. The minimum absolute atomic E-state index is 0.266. The third kappa shape index (κ3) is 4.30. The van der Waals surface area contributed by atoms with E-state index in [-0.39, 0.29) is 5.92 Å². The Kier molecular flexibility index (Phi) is 4.42. The lowest BCUT2D eigenvalue weighted by atomic mass is 10.1. The number of aromatic nitrogens is 1. The average Bonchev–Trinajstić information content (AvgIpc) is 2.92. The summed E-state index contributed by atoms with van der Waals surface area (Å²) in [5, 5.41) is 3.71. The lowest BCUT2D eigenvalue weighted by Gasteiger charge is -2.19. The molecule has 1 aromatic rings. The quantitative estimate of drug-likeness (QED) is 0.931. The molecule has 5 nitrogen and oxygen atoms in total. The van der Waals surface area contributed by atoms with Gasteiger partial charge in [0.1, 0.15) is 11.4 Å². The summed E-state index contributed by atoms with van der Waals surface area (Å²) in [6, 6.07) is 0. The predicted octanol–water partition coefficient (Wildman–Crippen LogP) is 3.00. The largest absolute Gasteiger partial charge is 0.444 e. The van der Waals surface area contributed by atoms with Crippen LogP contribution in [-0.2, 0) is 16.1 Å². The lowest BCUT2D eigenvalue weighted by molar-refractivity contribution is -0.117. The monoisotopic (exact) mass is 296 g/mol. The zero-order chi connectivity index (χ0) is 14.8. The van der Waals surface area contributed by atoms with E-state index in [1.807, 2.05) is 20.8 Å². The van der Waals surface area contributed by atoms with Gasteiger partial charge in [-0.15, -0.1) is 11.3 Å². The predicted molar refractivity (Wildman–Crippen MR) is 76.8 cm³/mol. The van der Waals surface area contributed by atoms with Gasteiger partial charge in [-0.1, -0.05) is 0 Å². The van der Waals surface area contributed by atoms with Gasteiger partial charge in [0, 0.05) is 29.8 Å². The minimum atomic E-state index is -0.493. The van der Waals surface area contributed by atoms with Crippen LogP contribution in [0.5, 0.6) is 0 Å². The molecule has 0 bridgehead atoms. The van der Waals surface area contributed by atoms with Crippen LogP contribution in [0.3, 0.4) is 0 Å². The number of rotatable bonds is 3. The third-order valence-corrected chi connectivity index (χ3v) is 4.13. The standard InChI is InChI=1S/C14H20N2O3S/c1-14(2,3)19-13(18)16-8-11-7-15-12(20-11)9-4-5-10(17)6-9/h7,9H,4-6,8H2,1-3H3,(H,16,18). The zero-order valence-corrected chi connectivity index (χ0v) is 12.9. The fraction of sp³-hybridized carbons (Fsp3) is 0.643. The van der Waals surface area contributed by atoms with E-state index in [2.05, 4.69) is 10.3 Å². The summed E-state index contributed by atoms with van der Waals surface area (Å²) in [6.45, 7) is 5.89. The van der Waals surface area contributed by atoms with E-state index >= 15 is 0 Å². The summed E-state index contributed by atoms with van der Waals surface area (Å²) in [7, 11) is 0. The number of nitrogens with one attached hydrogen (secondary N) is 1. The third-order valence-electron chi connectivity index (χ3n) is 2.97. The van der Waals surface area contributed by atoms with Gasteiger partial charge in [0.15, 0.2) is 0 Å². The Morgan fingerprint density at radius 2 is 2.30 bits per heavy atom. The van der Waals surface area contributed by atoms with Gasteiger partial charge in [-0.05, 0) is 27.2 Å². The number of alkyl carbamates (subject to hydrolysis) is 1. The van der Waals surface area contributed by atoms with Crippen molar-refractivity contribution in [3.8, 4) is 0 Å². The minimum Gasteiger partial charge on any atom is -0.444 e. The summed E-state index contributed by atoms with van der Waals surface area (Å²) in [5.74, 6) is 0.585. The van der Waals surface area contributed by atoms with Crippen molar-refractivity contribution in [3.05, 3.63) is 16.1 Å². The van der Waals surface area contributed by atoms with Crippen LogP contribution in [0.25, 0.3) is 0 Å². The van der Waals surface area contributed by atoms with Gasteiger partial charge in [0.05, 0.1) is 11.6 Å². The second kappa shape index (κ2) is 5.91. The average molecular weight is 296 g/mol. The van der Waals surface area contributed by atoms with Crippen LogP contribution in [0.1, 0.15) is 55.8 Å². The summed E-state index contributed by atoms with van der Waals surface area (Å²) < 4.78 is 5.17. The molecule has 1 aromatic heterocycles. The molecule has 1 aliphatic rings. The first-order valence-corrected chi connectivity index (χ1v) is 7.58. The van der Waals surface area contributed by atoms with Crippen LogP contribution in [0.4, 0.5) is 4.79 Å². The normalized spacial score (nSPS) is 19.1. The molecule has 6 heteroatoms. The lowest BCUT2D eigenvalue weighted by Crippen LogP contribution is -2.31. The Hall–Kier alpha value is -1.43. The number of ketones is 1. The SMILES string of the molecule is CC(C)(C)OC(=O)NCc1cnc(C2CCC(=O)C2)s1. The molecular weight excluding hydrogens is 276 g/mol. The summed E-state index contributed by atoms with van der Waals surface area (Å²) >= 11 is 1.56. The second-order valence-corrected chi connectivity index (χ2v) is 7.15. The van der Waals surface area contributed by atoms with Crippen molar-refractivity contribution in [3.63, 3.8) is 0 Å². The number of hydrogen-bond acceptors (Lipinski definition) is 5. The van der Waals surface area contributed by atoms with Gasteiger partial charge >= 0.3 is 6.09 Å². The maximum absolute atomic E-state index is 11.5. The molecule has 1 unspecified atom stereocenters. The van der Waals surface area contributed by atoms with Gasteiger partial charge < -0.3 is 10.1 Å². The molecule has 0 aliphatic heterocycles. The van der Waals surface area contributed by atoms with E-state index in [1.54, 1.807) is 17.5 Å². The van der Waals surface area contributed by atoms with Crippen LogP contribution >= 0.6 is 11.3 Å². The number of hydrogen-bond donors (Lipinski definition) is 1. The van der Waals surface area contributed by atoms with E-state index in [0.717, 1.165) is 16.3 Å². The number of thiazole rings is 1. The maximum Gasteiger partial charge on any atom is 0.407 e. The number of amides is 1. The molecule has 1 fully saturated rings. The summed E-state index contributed by atoms with van der Waals surface area (Å²) in [6.07, 6.45) is 3.50. The van der Waals surface area contributed by atoms with E-state index < -0.39 is 11.7 Å². The Balaban J connectivity index is 1.84. The molecule has 1 aliphatic carbocycles. The molecule has 1 N–H and O–H groups in total. The van der Waals surface area contributed by atoms with Crippen molar-refractivity contribution >= 4 is 23.2 Å². The first kappa shape index (κ1) is 15.0. The molecule has 20 heavy (non-hydrogen) atoms. The molecule has 0 aromatic carbocycles. The number of ether oxygens (including phenoxy) is 1. The van der Waals surface area contributed by atoms with Crippen molar-refractivity contribution in [2.75, 3.05) is 0 Å². The number of carbonyl (C=O) groups is 2. The van der Waals surface area contributed by atoms with Crippen LogP contribution in [-0.4, -0.2) is 22.5 Å². The number of nitrogens with zero attached hydrogens (tertiary/aromatic N) is 1. The molecular formula is C14H20N2O3S. The Morgan fingerprint density at radius 1 is 1.55 bits per heavy atom. The zero-order valence-electron chi connectivity index (χ0n) is 12.1. The van der Waals surface area contributed by atoms with Gasteiger partial charge in [-0.2, -0.15) is 0 Å². The fourth-order valence-electron chi connectivity index (χ4n) is 2.09. The van der Waals surface area contributed by atoms with E-state index in [4.69, 9.17) is 4.74 Å². The van der Waals surface area contributed by atoms with Crippen molar-refractivity contribution in [1.29, 1.82) is 0 Å². The Labute approximate surface area is 122 Å². The van der Waals surface area contributed by atoms with Crippen LogP contribution in [0.2, 0.25) is 0 Å². The van der Waals surface area contributed by atoms with Crippen LogP contribution in [0.15, 0.2) is 6.20 Å². The summed E-state index contributed by atoms with van der Waals surface area (Å²) in [5.41, 5.74) is -0.493. The van der Waals surface area contributed by atoms with Crippen molar-refractivity contribution < 1.29 is 14.3 Å². The van der Waals surface area contributed by atoms with Gasteiger partial charge in [-0.3, -0.25) is 4.79 Å². The smallest absolute Gasteiger partial charge is 0.407 e. The maximum atomic E-state index is 11.5. The molecule has 2 rings (SSSR count). The highest BCUT2D eigenvalue weighted by Crippen LogP contribution is 2.34. The topological polar surface area (TPSA) is 68.3 Å². The van der Waals surface area contributed by atoms with Gasteiger partial charge in [0.2, 0.25) is 0 Å². The van der Waals surface area contributed by atoms with Crippen molar-refractivity contribution in [2.45, 2.75) is 58.1 Å². The Bertz CT molecular complexity index is 505. The molecule has 0 radical (unpaired) electrons. The highest BCUT2D eigenvalue weighted by molar-refractivity contribution is 7.11. The van der Waals surface area contributed by atoms with E-state index in [0.29, 0.717) is 25.2 Å². The molecule has 1 amide bonds. The van der Waals surface area contributed by atoms with Crippen LogP contribution in [0, 0.1) is 0 Å². The highest BCUT2D eigenvalue weighted by Gasteiger charge is 2.26. The molecule has 110 valence electrons. The Morgan fingerprint density at radius 3 is 2.90 bits per heavy atom. The van der Waals surface area contributed by atoms with Crippen molar-refractivity contribution in [1.82, 2.24) is 10.3 Å². The first-order chi connectivity index (χ1) is 9.33. The molecule has 1 saturated carbocycles. The van der Waals surface area contributed by atoms with Gasteiger partial charge in [0.25, 0.3) is 0 Å². The van der Waals surface area contributed by atoms with Crippen LogP contribution < -0.4 is 5.32 Å². The number of carbonyl (C=O) groups excluding carboxylic acids is 2. The highest BCUT2D eigenvalue weighted by atomic mass is 32.1. The molecule has 0 saturated heterocycles. The second-order valence-electron chi connectivity index (χ2n) is 6.00.